The average molecular weight is 289 g/mol. The van der Waals surface area contributed by atoms with Crippen LogP contribution in [0.2, 0.25) is 0 Å². The van der Waals surface area contributed by atoms with Gasteiger partial charge in [-0.3, -0.25) is 4.90 Å². The molecule has 1 aliphatic heterocycles. The summed E-state index contributed by atoms with van der Waals surface area (Å²) in [5.74, 6) is 0.117. The SMILES string of the molecule is CC[C@@H](c1cccc(F)c1OC)N1CCNCC1.Cl. The molecule has 0 bridgehead atoms. The van der Waals surface area contributed by atoms with Gasteiger partial charge in [0.1, 0.15) is 0 Å². The number of para-hydroxylation sites is 1. The summed E-state index contributed by atoms with van der Waals surface area (Å²) in [7, 11) is 1.53. The normalized spacial score (nSPS) is 17.6. The lowest BCUT2D eigenvalue weighted by atomic mass is 10.0. The van der Waals surface area contributed by atoms with E-state index in [0.29, 0.717) is 5.75 Å². The van der Waals surface area contributed by atoms with E-state index in [1.165, 1.54) is 13.2 Å². The van der Waals surface area contributed by atoms with Crippen molar-refractivity contribution in [2.75, 3.05) is 33.3 Å². The van der Waals surface area contributed by atoms with Gasteiger partial charge in [0.25, 0.3) is 0 Å². The van der Waals surface area contributed by atoms with Crippen LogP contribution in [0.3, 0.4) is 0 Å². The molecule has 0 aliphatic carbocycles. The predicted molar refractivity (Wildman–Crippen MR) is 77.7 cm³/mol. The zero-order chi connectivity index (χ0) is 13.0. The molecule has 1 heterocycles. The highest BCUT2D eigenvalue weighted by molar-refractivity contribution is 5.85. The first-order valence-corrected chi connectivity index (χ1v) is 6.55. The van der Waals surface area contributed by atoms with Gasteiger partial charge in [-0.05, 0) is 12.5 Å². The van der Waals surface area contributed by atoms with Crippen molar-refractivity contribution in [3.63, 3.8) is 0 Å². The van der Waals surface area contributed by atoms with Gasteiger partial charge in [0.2, 0.25) is 0 Å². The Morgan fingerprint density at radius 2 is 2.05 bits per heavy atom. The lowest BCUT2D eigenvalue weighted by molar-refractivity contribution is 0.166. The highest BCUT2D eigenvalue weighted by Crippen LogP contribution is 2.33. The van der Waals surface area contributed by atoms with Crippen LogP contribution >= 0.6 is 12.4 Å². The molecule has 0 saturated carbocycles. The number of nitrogens with one attached hydrogen (secondary N) is 1. The molecule has 1 N–H and O–H groups in total. The van der Waals surface area contributed by atoms with Crippen LogP contribution < -0.4 is 10.1 Å². The summed E-state index contributed by atoms with van der Waals surface area (Å²) in [6.07, 6.45) is 0.958. The third kappa shape index (κ3) is 3.59. The number of benzene rings is 1. The molecule has 5 heteroatoms. The van der Waals surface area contributed by atoms with Gasteiger partial charge in [-0.1, -0.05) is 19.1 Å². The number of hydrogen-bond donors (Lipinski definition) is 1. The van der Waals surface area contributed by atoms with E-state index < -0.39 is 0 Å². The van der Waals surface area contributed by atoms with Gasteiger partial charge in [0.15, 0.2) is 11.6 Å². The molecule has 1 aromatic rings. The smallest absolute Gasteiger partial charge is 0.165 e. The molecule has 1 aromatic carbocycles. The van der Waals surface area contributed by atoms with E-state index in [1.54, 1.807) is 6.07 Å². The van der Waals surface area contributed by atoms with Crippen molar-refractivity contribution in [1.82, 2.24) is 10.2 Å². The van der Waals surface area contributed by atoms with Gasteiger partial charge in [0.05, 0.1) is 7.11 Å². The van der Waals surface area contributed by atoms with Crippen LogP contribution in [0.1, 0.15) is 24.9 Å². The monoisotopic (exact) mass is 288 g/mol. The number of hydrogen-bond acceptors (Lipinski definition) is 3. The van der Waals surface area contributed by atoms with E-state index in [4.69, 9.17) is 4.74 Å². The number of rotatable bonds is 4. The minimum Gasteiger partial charge on any atom is -0.493 e. The molecule has 3 nitrogen and oxygen atoms in total. The maximum absolute atomic E-state index is 13.8. The summed E-state index contributed by atoms with van der Waals surface area (Å²) in [5.41, 5.74) is 0.960. The Balaban J connectivity index is 0.00000180. The van der Waals surface area contributed by atoms with Crippen molar-refractivity contribution >= 4 is 12.4 Å². The Kier molecular flexibility index (Phi) is 6.55. The van der Waals surface area contributed by atoms with E-state index in [0.717, 1.165) is 38.2 Å². The summed E-state index contributed by atoms with van der Waals surface area (Å²) in [4.78, 5) is 2.40. The summed E-state index contributed by atoms with van der Waals surface area (Å²) >= 11 is 0. The molecule has 19 heavy (non-hydrogen) atoms. The number of nitrogens with zero attached hydrogens (tertiary/aromatic N) is 1. The first-order chi connectivity index (χ1) is 8.77. The Hall–Kier alpha value is -0.840. The molecule has 1 saturated heterocycles. The van der Waals surface area contributed by atoms with Crippen LogP contribution in [0.25, 0.3) is 0 Å². The predicted octanol–water partition coefficient (Wildman–Crippen LogP) is 2.61. The van der Waals surface area contributed by atoms with Gasteiger partial charge in [-0.15, -0.1) is 12.4 Å². The van der Waals surface area contributed by atoms with Crippen LogP contribution in [0.15, 0.2) is 18.2 Å². The average Bonchev–Trinajstić information content (AvgIpc) is 2.41. The molecule has 0 radical (unpaired) electrons. The van der Waals surface area contributed by atoms with Crippen LogP contribution in [0, 0.1) is 5.82 Å². The summed E-state index contributed by atoms with van der Waals surface area (Å²) in [6, 6.07) is 5.42. The second kappa shape index (κ2) is 7.68. The molecule has 2 rings (SSSR count). The highest BCUT2D eigenvalue weighted by atomic mass is 35.5. The van der Waals surface area contributed by atoms with Crippen molar-refractivity contribution in [1.29, 1.82) is 0 Å². The summed E-state index contributed by atoms with van der Waals surface area (Å²) in [5, 5.41) is 3.34. The maximum Gasteiger partial charge on any atom is 0.165 e. The molecular weight excluding hydrogens is 267 g/mol. The molecule has 0 amide bonds. The molecule has 0 unspecified atom stereocenters. The first kappa shape index (κ1) is 16.2. The van der Waals surface area contributed by atoms with E-state index in [9.17, 15) is 4.39 Å². The van der Waals surface area contributed by atoms with E-state index in [1.807, 2.05) is 6.07 Å². The third-order valence-corrected chi connectivity index (χ3v) is 3.54. The van der Waals surface area contributed by atoms with Crippen molar-refractivity contribution in [2.24, 2.45) is 0 Å². The van der Waals surface area contributed by atoms with Crippen LogP contribution in [-0.4, -0.2) is 38.2 Å². The highest BCUT2D eigenvalue weighted by Gasteiger charge is 2.24. The quantitative estimate of drug-likeness (QED) is 0.922. The molecule has 0 aromatic heterocycles. The van der Waals surface area contributed by atoms with Crippen LogP contribution in [0.5, 0.6) is 5.75 Å². The molecule has 1 atom stereocenters. The summed E-state index contributed by atoms with van der Waals surface area (Å²) < 4.78 is 19.0. The van der Waals surface area contributed by atoms with Gasteiger partial charge >= 0.3 is 0 Å². The molecule has 1 fully saturated rings. The van der Waals surface area contributed by atoms with Crippen molar-refractivity contribution in [3.05, 3.63) is 29.6 Å². The fraction of sp³-hybridized carbons (Fsp3) is 0.571. The number of piperazine rings is 1. The third-order valence-electron chi connectivity index (χ3n) is 3.54. The van der Waals surface area contributed by atoms with Gasteiger partial charge in [-0.2, -0.15) is 0 Å². The Bertz CT molecular complexity index is 397. The van der Waals surface area contributed by atoms with Crippen molar-refractivity contribution in [3.8, 4) is 5.75 Å². The molecule has 1 aliphatic rings. The zero-order valence-electron chi connectivity index (χ0n) is 11.5. The van der Waals surface area contributed by atoms with Crippen LogP contribution in [-0.2, 0) is 0 Å². The lowest BCUT2D eigenvalue weighted by Crippen LogP contribution is -2.45. The fourth-order valence-corrected chi connectivity index (χ4v) is 2.67. The summed E-state index contributed by atoms with van der Waals surface area (Å²) in [6.45, 7) is 6.12. The van der Waals surface area contributed by atoms with Crippen molar-refractivity contribution < 1.29 is 9.13 Å². The second-order valence-electron chi connectivity index (χ2n) is 4.57. The van der Waals surface area contributed by atoms with Gasteiger partial charge in [-0.25, -0.2) is 4.39 Å². The minimum absolute atomic E-state index is 0. The molecule has 108 valence electrons. The topological polar surface area (TPSA) is 24.5 Å². The Morgan fingerprint density at radius 3 is 2.63 bits per heavy atom. The second-order valence-corrected chi connectivity index (χ2v) is 4.57. The molecule has 0 spiro atoms. The zero-order valence-corrected chi connectivity index (χ0v) is 12.3. The van der Waals surface area contributed by atoms with Gasteiger partial charge in [0, 0.05) is 37.8 Å². The number of halogens is 2. The molecular formula is C14H22ClFN2O. The van der Waals surface area contributed by atoms with Crippen LogP contribution in [0.4, 0.5) is 4.39 Å². The van der Waals surface area contributed by atoms with E-state index in [2.05, 4.69) is 17.1 Å². The Labute approximate surface area is 120 Å². The Morgan fingerprint density at radius 1 is 1.37 bits per heavy atom. The largest absolute Gasteiger partial charge is 0.493 e. The maximum atomic E-state index is 13.8. The van der Waals surface area contributed by atoms with E-state index in [-0.39, 0.29) is 24.3 Å². The fourth-order valence-electron chi connectivity index (χ4n) is 2.67. The first-order valence-electron chi connectivity index (χ1n) is 6.55. The standard InChI is InChI=1S/C14H21FN2O.ClH/c1-3-13(17-9-7-16-8-10-17)11-5-4-6-12(15)14(11)18-2;/h4-6,13,16H,3,7-10H2,1-2H3;1H/t13-;/m0./s1. The van der Waals surface area contributed by atoms with E-state index >= 15 is 0 Å². The number of methoxy groups -OCH3 is 1. The van der Waals surface area contributed by atoms with Crippen molar-refractivity contribution in [2.45, 2.75) is 19.4 Å². The van der Waals surface area contributed by atoms with Gasteiger partial charge < -0.3 is 10.1 Å². The lowest BCUT2D eigenvalue weighted by Gasteiger charge is -2.35. The minimum atomic E-state index is -0.274. The number of ether oxygens (including phenoxy) is 1.